The van der Waals surface area contributed by atoms with Gasteiger partial charge in [-0.25, -0.2) is 4.98 Å². The van der Waals surface area contributed by atoms with Gasteiger partial charge in [-0.3, -0.25) is 14.3 Å². The zero-order chi connectivity index (χ0) is 33.5. The number of hydrogen-bond acceptors (Lipinski definition) is 4. The molecule has 0 amide bonds. The first kappa shape index (κ1) is 36.7. The van der Waals surface area contributed by atoms with Crippen molar-refractivity contribution in [1.29, 1.82) is 0 Å². The molecule has 2 aromatic heterocycles. The molecule has 0 atom stereocenters. The monoisotopic (exact) mass is 817 g/mol. The summed E-state index contributed by atoms with van der Waals surface area (Å²) in [4.78, 5) is 21.6. The van der Waals surface area contributed by atoms with Gasteiger partial charge in [0, 0.05) is 60.7 Å². The average molecular weight is 817 g/mol. The number of para-hydroxylation sites is 2. The van der Waals surface area contributed by atoms with E-state index in [4.69, 9.17) is 9.97 Å². The van der Waals surface area contributed by atoms with Crippen LogP contribution in [0.2, 0.25) is 0 Å². The van der Waals surface area contributed by atoms with E-state index >= 15 is 0 Å². The van der Waals surface area contributed by atoms with Crippen LogP contribution in [-0.2, 0) is 24.9 Å². The van der Waals surface area contributed by atoms with Crippen molar-refractivity contribution in [2.24, 2.45) is 11.8 Å². The largest absolute Gasteiger partial charge is 0.512 e. The molecule has 0 spiro atoms. The van der Waals surface area contributed by atoms with Crippen molar-refractivity contribution in [3.8, 4) is 17.1 Å². The van der Waals surface area contributed by atoms with Gasteiger partial charge in [0.05, 0.1) is 17.1 Å². The van der Waals surface area contributed by atoms with E-state index in [-0.39, 0.29) is 43.5 Å². The number of benzene rings is 4. The van der Waals surface area contributed by atoms with Gasteiger partial charge in [-0.2, -0.15) is 0 Å². The predicted molar refractivity (Wildman–Crippen MR) is 196 cm³/mol. The Morgan fingerprint density at radius 1 is 0.812 bits per heavy atom. The minimum atomic E-state index is 0. The molecule has 0 fully saturated rings. The van der Waals surface area contributed by atoms with E-state index in [1.807, 2.05) is 40.0 Å². The fraction of sp³-hybridized carbons (Fsp3) is 0.310. The van der Waals surface area contributed by atoms with Crippen molar-refractivity contribution < 1.29 is 30.0 Å². The summed E-state index contributed by atoms with van der Waals surface area (Å²) in [5.74, 6) is 1.64. The summed E-state index contributed by atoms with van der Waals surface area (Å²) in [6.07, 6.45) is 6.86. The van der Waals surface area contributed by atoms with Crippen LogP contribution in [0.4, 0.5) is 0 Å². The van der Waals surface area contributed by atoms with Crippen LogP contribution in [-0.4, -0.2) is 25.4 Å². The van der Waals surface area contributed by atoms with Gasteiger partial charge in [-0.05, 0) is 49.8 Å². The summed E-state index contributed by atoms with van der Waals surface area (Å²) >= 11 is 0. The van der Waals surface area contributed by atoms with Crippen LogP contribution < -0.4 is 0 Å². The number of carbonyl (C=O) groups is 1. The predicted octanol–water partition coefficient (Wildman–Crippen LogP) is 11.2. The number of rotatable bonds is 10. The Kier molecular flexibility index (Phi) is 12.9. The molecule has 1 radical (unpaired) electrons. The van der Waals surface area contributed by atoms with E-state index in [1.165, 1.54) is 17.0 Å². The van der Waals surface area contributed by atoms with Crippen LogP contribution in [0.5, 0.6) is 0 Å². The van der Waals surface area contributed by atoms with Crippen LogP contribution in [0.15, 0.2) is 103 Å². The summed E-state index contributed by atoms with van der Waals surface area (Å²) in [6, 6.07) is 33.0. The summed E-state index contributed by atoms with van der Waals surface area (Å²) in [5, 5.41) is 14.3. The minimum absolute atomic E-state index is 0. The molecule has 0 aliphatic rings. The molecule has 0 unspecified atom stereocenters. The second-order valence-corrected chi connectivity index (χ2v) is 12.5. The zero-order valence-corrected chi connectivity index (χ0v) is 31.2. The van der Waals surface area contributed by atoms with Crippen molar-refractivity contribution in [1.82, 2.24) is 14.5 Å². The molecule has 0 bridgehead atoms. The third-order valence-corrected chi connectivity index (χ3v) is 9.18. The quantitative estimate of drug-likeness (QED) is 0.0849. The fourth-order valence-electron chi connectivity index (χ4n) is 6.35. The van der Waals surface area contributed by atoms with Gasteiger partial charge in [0.2, 0.25) is 0 Å². The number of hydrogen-bond donors (Lipinski definition) is 1. The molecule has 0 saturated heterocycles. The Morgan fingerprint density at radius 2 is 1.42 bits per heavy atom. The molecule has 6 heteroatoms. The molecule has 6 aromatic rings. The Bertz CT molecular complexity index is 2000. The molecule has 2 heterocycles. The number of aliphatic hydroxyl groups is 1. The van der Waals surface area contributed by atoms with Crippen LogP contribution in [0, 0.1) is 17.9 Å². The van der Waals surface area contributed by atoms with Gasteiger partial charge in [-0.15, -0.1) is 29.1 Å². The van der Waals surface area contributed by atoms with E-state index in [0.717, 1.165) is 64.3 Å². The number of aliphatic hydroxyl groups excluding tert-OH is 1. The van der Waals surface area contributed by atoms with Crippen LogP contribution in [0.25, 0.3) is 49.8 Å². The third-order valence-electron chi connectivity index (χ3n) is 9.18. The number of fused-ring (bicyclic) bond motifs is 4. The van der Waals surface area contributed by atoms with Crippen molar-refractivity contribution in [2.45, 2.75) is 73.1 Å². The maximum Gasteiger partial charge on any atom is 0.162 e. The summed E-state index contributed by atoms with van der Waals surface area (Å²) in [5.41, 5.74) is 5.36. The van der Waals surface area contributed by atoms with Gasteiger partial charge in [0.1, 0.15) is 5.65 Å². The first-order valence-corrected chi connectivity index (χ1v) is 17.0. The van der Waals surface area contributed by atoms with Gasteiger partial charge in [0.25, 0.3) is 0 Å². The first-order chi connectivity index (χ1) is 22.8. The zero-order valence-electron chi connectivity index (χ0n) is 28.8. The van der Waals surface area contributed by atoms with Gasteiger partial charge in [-0.1, -0.05) is 107 Å². The molecular formula is C42H46IrN3O2-. The number of aromatic nitrogens is 3. The standard InChI is InChI=1S/C29H22N3.C13H24O2.Ir/c1-19(2)25-17-21(16-20-10-6-7-13-23(20)25)28-30-18-26-24-14-8-9-15-27(24)32(29(26)31-28)22-11-4-3-5-12-22;1-5-10(6-2)12(14)9-13(15)11(7-3)8-4;/h3-15,17-19H,1-2H3;9-11,14H,5-8H2,1-4H3;/q-1;;/b;12-9-;. The van der Waals surface area contributed by atoms with Crippen LogP contribution >= 0.6 is 0 Å². The van der Waals surface area contributed by atoms with Crippen molar-refractivity contribution in [2.75, 3.05) is 0 Å². The molecule has 251 valence electrons. The number of allylic oxidation sites excluding steroid dienone is 2. The second-order valence-electron chi connectivity index (χ2n) is 12.5. The first-order valence-electron chi connectivity index (χ1n) is 17.0. The van der Waals surface area contributed by atoms with Crippen molar-refractivity contribution in [3.05, 3.63) is 115 Å². The van der Waals surface area contributed by atoms with Gasteiger partial charge in [0.15, 0.2) is 5.78 Å². The summed E-state index contributed by atoms with van der Waals surface area (Å²) < 4.78 is 2.22. The molecule has 5 nitrogen and oxygen atoms in total. The van der Waals surface area contributed by atoms with E-state index in [0.29, 0.717) is 11.7 Å². The SMILES string of the molecule is CC(C)c1cc(-c2ncc3c4ccccc4n(-c4ccccc4)c3n2)[c-]c2ccccc12.CCC(CC)C(=O)/C=C(\O)C(CC)CC.[Ir]. The summed E-state index contributed by atoms with van der Waals surface area (Å²) in [7, 11) is 0. The van der Waals surface area contributed by atoms with Crippen LogP contribution in [0.3, 0.4) is 0 Å². The van der Waals surface area contributed by atoms with Gasteiger partial charge < -0.3 is 5.11 Å². The number of ketones is 1. The molecule has 48 heavy (non-hydrogen) atoms. The normalized spacial score (nSPS) is 11.7. The molecule has 6 rings (SSSR count). The molecular weight excluding hydrogens is 771 g/mol. The Morgan fingerprint density at radius 3 is 2.06 bits per heavy atom. The minimum Gasteiger partial charge on any atom is -0.512 e. The van der Waals surface area contributed by atoms with E-state index in [1.54, 1.807) is 0 Å². The fourth-order valence-corrected chi connectivity index (χ4v) is 6.35. The van der Waals surface area contributed by atoms with Crippen molar-refractivity contribution >= 4 is 38.5 Å². The maximum atomic E-state index is 11.7. The Balaban J connectivity index is 0.000000279. The summed E-state index contributed by atoms with van der Waals surface area (Å²) in [6.45, 7) is 12.5. The molecule has 4 aromatic carbocycles. The second kappa shape index (κ2) is 16.8. The van der Waals surface area contributed by atoms with E-state index in [9.17, 15) is 9.90 Å². The van der Waals surface area contributed by atoms with E-state index < -0.39 is 0 Å². The molecule has 0 saturated carbocycles. The number of nitrogens with zero attached hydrogens (tertiary/aromatic N) is 3. The number of carbonyl (C=O) groups excluding carboxylic acids is 1. The topological polar surface area (TPSA) is 68.0 Å². The Labute approximate surface area is 298 Å². The molecule has 1 N–H and O–H groups in total. The van der Waals surface area contributed by atoms with Gasteiger partial charge >= 0.3 is 0 Å². The Hall–Kier alpha value is -4.12. The average Bonchev–Trinajstić information content (AvgIpc) is 3.43. The third kappa shape index (κ3) is 7.77. The maximum absolute atomic E-state index is 11.7. The van der Waals surface area contributed by atoms with Crippen LogP contribution in [0.1, 0.15) is 78.7 Å². The smallest absolute Gasteiger partial charge is 0.162 e. The molecule has 0 aliphatic heterocycles. The van der Waals surface area contributed by atoms with Crippen molar-refractivity contribution in [3.63, 3.8) is 0 Å². The molecule has 0 aliphatic carbocycles. The van der Waals surface area contributed by atoms with E-state index in [2.05, 4.69) is 103 Å².